The van der Waals surface area contributed by atoms with Gasteiger partial charge in [0.25, 0.3) is 5.56 Å². The minimum atomic E-state index is -0.166. The summed E-state index contributed by atoms with van der Waals surface area (Å²) in [5.41, 5.74) is 7.14. The van der Waals surface area contributed by atoms with Gasteiger partial charge in [0.1, 0.15) is 5.69 Å². The third kappa shape index (κ3) is 1.04. The highest BCUT2D eigenvalue weighted by Crippen LogP contribution is 2.13. The van der Waals surface area contributed by atoms with E-state index < -0.39 is 0 Å². The summed E-state index contributed by atoms with van der Waals surface area (Å²) in [6.07, 6.45) is 0. The Morgan fingerprint density at radius 1 is 1.54 bits per heavy atom. The average Bonchev–Trinajstić information content (AvgIpc) is 2.43. The van der Waals surface area contributed by atoms with Crippen LogP contribution < -0.4 is 11.3 Å². The molecule has 2 aromatic heterocycles. The second kappa shape index (κ2) is 2.56. The van der Waals surface area contributed by atoms with Gasteiger partial charge in [-0.3, -0.25) is 9.20 Å². The molecule has 5 heteroatoms. The lowest BCUT2D eigenvalue weighted by molar-refractivity contribution is 1.01. The standard InChI is InChI=1S/C8H9N3OS/c1-4-3-13-8-10-5(2)6(9)7(12)11(4)8/h3H,9H2,1-2H3. The fraction of sp³-hybridized carbons (Fsp3) is 0.250. The van der Waals surface area contributed by atoms with E-state index in [9.17, 15) is 4.79 Å². The summed E-state index contributed by atoms with van der Waals surface area (Å²) in [5.74, 6) is 0. The minimum Gasteiger partial charge on any atom is -0.393 e. The summed E-state index contributed by atoms with van der Waals surface area (Å²) in [7, 11) is 0. The SMILES string of the molecule is Cc1nc2scc(C)n2c(=O)c1N. The topological polar surface area (TPSA) is 60.4 Å². The largest absolute Gasteiger partial charge is 0.393 e. The van der Waals surface area contributed by atoms with E-state index in [1.54, 1.807) is 6.92 Å². The molecule has 68 valence electrons. The van der Waals surface area contributed by atoms with Crippen molar-refractivity contribution in [1.29, 1.82) is 0 Å². The second-order valence-corrected chi connectivity index (χ2v) is 3.75. The summed E-state index contributed by atoms with van der Waals surface area (Å²) >= 11 is 1.45. The summed E-state index contributed by atoms with van der Waals surface area (Å²) < 4.78 is 1.53. The predicted molar refractivity (Wildman–Crippen MR) is 53.2 cm³/mol. The van der Waals surface area contributed by atoms with Crippen LogP contribution >= 0.6 is 11.3 Å². The lowest BCUT2D eigenvalue weighted by atomic mass is 10.4. The van der Waals surface area contributed by atoms with Crippen LogP contribution in [0.4, 0.5) is 5.69 Å². The maximum Gasteiger partial charge on any atom is 0.282 e. The number of anilines is 1. The van der Waals surface area contributed by atoms with Crippen LogP contribution in [0.5, 0.6) is 0 Å². The Bertz CT molecular complexity index is 526. The van der Waals surface area contributed by atoms with Gasteiger partial charge in [-0.05, 0) is 13.8 Å². The number of thiazole rings is 1. The number of fused-ring (bicyclic) bond motifs is 1. The van der Waals surface area contributed by atoms with E-state index >= 15 is 0 Å². The zero-order valence-electron chi connectivity index (χ0n) is 7.37. The molecule has 0 aliphatic heterocycles. The maximum absolute atomic E-state index is 11.6. The van der Waals surface area contributed by atoms with E-state index in [4.69, 9.17) is 5.73 Å². The summed E-state index contributed by atoms with van der Waals surface area (Å²) in [6, 6.07) is 0. The number of hydrogen-bond donors (Lipinski definition) is 1. The van der Waals surface area contributed by atoms with Gasteiger partial charge in [0.15, 0.2) is 4.96 Å². The van der Waals surface area contributed by atoms with Crippen LogP contribution in [0, 0.1) is 13.8 Å². The third-order valence-electron chi connectivity index (χ3n) is 1.97. The molecule has 0 aromatic carbocycles. The zero-order chi connectivity index (χ0) is 9.59. The number of aromatic nitrogens is 2. The summed E-state index contributed by atoms with van der Waals surface area (Å²) in [6.45, 7) is 3.60. The molecular formula is C8H9N3OS. The van der Waals surface area contributed by atoms with Crippen LogP contribution in [0.15, 0.2) is 10.2 Å². The van der Waals surface area contributed by atoms with Gasteiger partial charge in [0.2, 0.25) is 0 Å². The third-order valence-corrected chi connectivity index (χ3v) is 2.91. The summed E-state index contributed by atoms with van der Waals surface area (Å²) in [4.78, 5) is 16.6. The number of rotatable bonds is 0. The Hall–Kier alpha value is -1.36. The van der Waals surface area contributed by atoms with E-state index in [1.165, 1.54) is 15.7 Å². The van der Waals surface area contributed by atoms with Crippen LogP contribution in [0.3, 0.4) is 0 Å². The van der Waals surface area contributed by atoms with Gasteiger partial charge in [-0.2, -0.15) is 0 Å². The van der Waals surface area contributed by atoms with Gasteiger partial charge in [0.05, 0.1) is 5.69 Å². The zero-order valence-corrected chi connectivity index (χ0v) is 8.18. The van der Waals surface area contributed by atoms with E-state index in [0.717, 1.165) is 5.69 Å². The first-order valence-corrected chi connectivity index (χ1v) is 4.72. The lowest BCUT2D eigenvalue weighted by Gasteiger charge is -1.99. The van der Waals surface area contributed by atoms with Crippen LogP contribution in [-0.4, -0.2) is 9.38 Å². The van der Waals surface area contributed by atoms with Crippen LogP contribution in [0.1, 0.15) is 11.4 Å². The van der Waals surface area contributed by atoms with Gasteiger partial charge in [0, 0.05) is 11.1 Å². The number of hydrogen-bond acceptors (Lipinski definition) is 4. The van der Waals surface area contributed by atoms with Crippen molar-refractivity contribution in [2.24, 2.45) is 0 Å². The Morgan fingerprint density at radius 3 is 2.92 bits per heavy atom. The number of aryl methyl sites for hydroxylation is 2. The van der Waals surface area contributed by atoms with Crippen molar-refractivity contribution in [1.82, 2.24) is 9.38 Å². The first kappa shape index (κ1) is 8.25. The maximum atomic E-state index is 11.6. The van der Waals surface area contributed by atoms with Gasteiger partial charge >= 0.3 is 0 Å². The first-order chi connectivity index (χ1) is 6.11. The molecule has 0 aliphatic rings. The molecule has 0 amide bonds. The molecule has 2 N–H and O–H groups in total. The van der Waals surface area contributed by atoms with E-state index in [-0.39, 0.29) is 11.2 Å². The Balaban J connectivity index is 3.06. The molecule has 0 saturated carbocycles. The summed E-state index contributed by atoms with van der Waals surface area (Å²) in [5, 5.41) is 1.89. The Kier molecular flexibility index (Phi) is 1.63. The van der Waals surface area contributed by atoms with Crippen LogP contribution in [0.2, 0.25) is 0 Å². The Morgan fingerprint density at radius 2 is 2.23 bits per heavy atom. The monoisotopic (exact) mass is 195 g/mol. The van der Waals surface area contributed by atoms with Gasteiger partial charge < -0.3 is 5.73 Å². The van der Waals surface area contributed by atoms with Crippen molar-refractivity contribution in [3.8, 4) is 0 Å². The van der Waals surface area contributed by atoms with Crippen LogP contribution in [-0.2, 0) is 0 Å². The predicted octanol–water partition coefficient (Wildman–Crippen LogP) is 0.955. The normalized spacial score (nSPS) is 10.9. The van der Waals surface area contributed by atoms with Crippen molar-refractivity contribution in [3.05, 3.63) is 27.1 Å². The molecule has 0 radical (unpaired) electrons. The molecule has 2 heterocycles. The lowest BCUT2D eigenvalue weighted by Crippen LogP contribution is -2.20. The quantitative estimate of drug-likeness (QED) is 0.681. The van der Waals surface area contributed by atoms with Crippen molar-refractivity contribution >= 4 is 22.0 Å². The van der Waals surface area contributed by atoms with Crippen molar-refractivity contribution in [2.45, 2.75) is 13.8 Å². The van der Waals surface area contributed by atoms with E-state index in [1.807, 2.05) is 12.3 Å². The van der Waals surface area contributed by atoms with Crippen molar-refractivity contribution < 1.29 is 0 Å². The molecule has 2 aromatic rings. The fourth-order valence-corrected chi connectivity index (χ4v) is 2.10. The van der Waals surface area contributed by atoms with Crippen LogP contribution in [0.25, 0.3) is 4.96 Å². The highest BCUT2D eigenvalue weighted by molar-refractivity contribution is 7.15. The highest BCUT2D eigenvalue weighted by atomic mass is 32.1. The average molecular weight is 195 g/mol. The molecule has 2 rings (SSSR count). The molecular weight excluding hydrogens is 186 g/mol. The Labute approximate surface area is 78.7 Å². The fourth-order valence-electron chi connectivity index (χ4n) is 1.20. The molecule has 4 nitrogen and oxygen atoms in total. The van der Waals surface area contributed by atoms with Crippen molar-refractivity contribution in [3.63, 3.8) is 0 Å². The van der Waals surface area contributed by atoms with Crippen molar-refractivity contribution in [2.75, 3.05) is 5.73 Å². The van der Waals surface area contributed by atoms with E-state index in [2.05, 4.69) is 4.98 Å². The van der Waals surface area contributed by atoms with Gasteiger partial charge in [-0.1, -0.05) is 0 Å². The minimum absolute atomic E-state index is 0.166. The molecule has 0 aliphatic carbocycles. The number of nitrogens with two attached hydrogens (primary N) is 1. The smallest absolute Gasteiger partial charge is 0.282 e. The molecule has 0 spiro atoms. The van der Waals surface area contributed by atoms with Gasteiger partial charge in [-0.25, -0.2) is 4.98 Å². The second-order valence-electron chi connectivity index (χ2n) is 2.91. The molecule has 13 heavy (non-hydrogen) atoms. The molecule has 0 atom stereocenters. The van der Waals surface area contributed by atoms with E-state index in [0.29, 0.717) is 10.7 Å². The molecule has 0 fully saturated rings. The van der Waals surface area contributed by atoms with Gasteiger partial charge in [-0.15, -0.1) is 11.3 Å². The molecule has 0 bridgehead atoms. The number of nitrogens with zero attached hydrogens (tertiary/aromatic N) is 2. The molecule has 0 unspecified atom stereocenters. The number of nitrogen functional groups attached to an aromatic ring is 1. The highest BCUT2D eigenvalue weighted by Gasteiger charge is 2.08. The molecule has 0 saturated heterocycles. The first-order valence-electron chi connectivity index (χ1n) is 3.84.